The molecule has 4 rings (SSSR count). The monoisotopic (exact) mass is 439 g/mol. The fourth-order valence-electron chi connectivity index (χ4n) is 3.55. The zero-order chi connectivity index (χ0) is 22.5. The maximum absolute atomic E-state index is 12.7. The number of amides is 2. The lowest BCUT2D eigenvalue weighted by Crippen LogP contribution is -2.42. The molecule has 10 heteroatoms. The molecule has 32 heavy (non-hydrogen) atoms. The number of morpholine rings is 1. The second-order valence-electron chi connectivity index (χ2n) is 7.37. The molecule has 0 bridgehead atoms. The van der Waals surface area contributed by atoms with Crippen molar-refractivity contribution in [3.63, 3.8) is 0 Å². The summed E-state index contributed by atoms with van der Waals surface area (Å²) in [5.41, 5.74) is 2.00. The molecular weight excluding hydrogens is 414 g/mol. The van der Waals surface area contributed by atoms with E-state index >= 15 is 0 Å². The number of hydrogen-bond acceptors (Lipinski definition) is 7. The van der Waals surface area contributed by atoms with Crippen LogP contribution in [-0.2, 0) is 22.5 Å². The third-order valence-electron chi connectivity index (χ3n) is 5.19. The van der Waals surface area contributed by atoms with E-state index in [1.807, 2.05) is 0 Å². The molecule has 2 aromatic heterocycles. The summed E-state index contributed by atoms with van der Waals surface area (Å²) in [6.45, 7) is 2.34. The van der Waals surface area contributed by atoms with Crippen LogP contribution in [0, 0.1) is 0 Å². The number of nitrogens with one attached hydrogen (secondary N) is 1. The number of aromatic nitrogens is 3. The molecular formula is C22H25N5O5. The van der Waals surface area contributed by atoms with Gasteiger partial charge in [0.25, 0.3) is 5.91 Å². The highest BCUT2D eigenvalue weighted by atomic mass is 16.5. The van der Waals surface area contributed by atoms with Crippen molar-refractivity contribution >= 4 is 28.4 Å². The highest BCUT2D eigenvalue weighted by molar-refractivity contribution is 6.05. The van der Waals surface area contributed by atoms with E-state index in [9.17, 15) is 9.59 Å². The van der Waals surface area contributed by atoms with E-state index in [2.05, 4.69) is 15.4 Å². The van der Waals surface area contributed by atoms with Gasteiger partial charge in [-0.3, -0.25) is 14.3 Å². The first-order chi connectivity index (χ1) is 15.6. The second kappa shape index (κ2) is 9.75. The van der Waals surface area contributed by atoms with Gasteiger partial charge in [-0.2, -0.15) is 5.10 Å². The summed E-state index contributed by atoms with van der Waals surface area (Å²) in [7, 11) is 1.51. The lowest BCUT2D eigenvalue weighted by molar-refractivity contribution is -0.136. The third kappa shape index (κ3) is 4.87. The van der Waals surface area contributed by atoms with Gasteiger partial charge in [0.1, 0.15) is 18.0 Å². The Labute approximate surface area is 184 Å². The molecule has 1 fully saturated rings. The number of pyridine rings is 1. The Morgan fingerprint density at radius 3 is 2.81 bits per heavy atom. The number of aliphatic hydroxyl groups excluding tert-OH is 1. The topological polar surface area (TPSA) is 119 Å². The number of anilines is 1. The van der Waals surface area contributed by atoms with E-state index in [1.165, 1.54) is 7.11 Å². The minimum atomic E-state index is -0.391. The summed E-state index contributed by atoms with van der Waals surface area (Å²) in [4.78, 5) is 31.3. The fraction of sp³-hybridized carbons (Fsp3) is 0.364. The minimum absolute atomic E-state index is 0.0181. The summed E-state index contributed by atoms with van der Waals surface area (Å²) in [6.07, 6.45) is 2.14. The van der Waals surface area contributed by atoms with Crippen molar-refractivity contribution in [1.29, 1.82) is 0 Å². The Hall–Kier alpha value is -3.50. The number of ether oxygens (including phenoxy) is 2. The number of aliphatic hydroxyl groups is 1. The molecule has 0 saturated carbocycles. The zero-order valence-corrected chi connectivity index (χ0v) is 17.8. The third-order valence-corrected chi connectivity index (χ3v) is 5.19. The average molecular weight is 439 g/mol. The van der Waals surface area contributed by atoms with Crippen molar-refractivity contribution in [3.05, 3.63) is 47.9 Å². The number of benzene rings is 1. The number of nitrogens with zero attached hydrogens (tertiary/aromatic N) is 4. The van der Waals surface area contributed by atoms with Crippen LogP contribution in [0.15, 0.2) is 36.5 Å². The van der Waals surface area contributed by atoms with Gasteiger partial charge in [0.2, 0.25) is 5.91 Å². The molecule has 0 radical (unpaired) electrons. The number of carbonyl (C=O) groups excluding carboxylic acids is 2. The lowest BCUT2D eigenvalue weighted by atomic mass is 10.2. The van der Waals surface area contributed by atoms with Crippen LogP contribution in [0.1, 0.15) is 16.2 Å². The van der Waals surface area contributed by atoms with Gasteiger partial charge in [-0.05, 0) is 18.2 Å². The molecule has 3 aromatic rings. The van der Waals surface area contributed by atoms with Crippen molar-refractivity contribution in [3.8, 4) is 5.75 Å². The summed E-state index contributed by atoms with van der Waals surface area (Å²) in [5, 5.41) is 17.2. The Morgan fingerprint density at radius 1 is 1.25 bits per heavy atom. The SMILES string of the molecule is COc1cc2nn(CC(=O)N3CCOCC3)cc2cc1NC(=O)c1cccc(CCO)n1. The van der Waals surface area contributed by atoms with Crippen LogP contribution in [-0.4, -0.2) is 76.6 Å². The largest absolute Gasteiger partial charge is 0.494 e. The molecule has 168 valence electrons. The van der Waals surface area contributed by atoms with Crippen molar-refractivity contribution in [2.24, 2.45) is 0 Å². The molecule has 1 aliphatic rings. The highest BCUT2D eigenvalue weighted by Gasteiger charge is 2.19. The fourth-order valence-corrected chi connectivity index (χ4v) is 3.55. The predicted molar refractivity (Wildman–Crippen MR) is 117 cm³/mol. The van der Waals surface area contributed by atoms with Gasteiger partial charge >= 0.3 is 0 Å². The Bertz CT molecular complexity index is 1120. The first-order valence-corrected chi connectivity index (χ1v) is 10.4. The summed E-state index contributed by atoms with van der Waals surface area (Å²) in [6, 6.07) is 8.56. The van der Waals surface area contributed by atoms with Gasteiger partial charge in [0.05, 0.1) is 31.5 Å². The lowest BCUT2D eigenvalue weighted by Gasteiger charge is -2.26. The van der Waals surface area contributed by atoms with E-state index in [0.717, 1.165) is 5.39 Å². The normalized spacial score (nSPS) is 13.9. The van der Waals surface area contributed by atoms with Gasteiger partial charge in [-0.15, -0.1) is 0 Å². The summed E-state index contributed by atoms with van der Waals surface area (Å²) < 4.78 is 12.3. The van der Waals surface area contributed by atoms with Gasteiger partial charge in [0.15, 0.2) is 0 Å². The molecule has 0 unspecified atom stereocenters. The van der Waals surface area contributed by atoms with Crippen LogP contribution in [0.2, 0.25) is 0 Å². The highest BCUT2D eigenvalue weighted by Crippen LogP contribution is 2.30. The molecule has 2 N–H and O–H groups in total. The van der Waals surface area contributed by atoms with Gasteiger partial charge in [-0.25, -0.2) is 4.98 Å². The molecule has 10 nitrogen and oxygen atoms in total. The number of methoxy groups -OCH3 is 1. The van der Waals surface area contributed by atoms with Crippen molar-refractivity contribution in [1.82, 2.24) is 19.7 Å². The van der Waals surface area contributed by atoms with Crippen LogP contribution < -0.4 is 10.1 Å². The molecule has 0 atom stereocenters. The molecule has 0 aliphatic carbocycles. The second-order valence-corrected chi connectivity index (χ2v) is 7.37. The molecule has 2 amide bonds. The molecule has 1 aromatic carbocycles. The smallest absolute Gasteiger partial charge is 0.274 e. The van der Waals surface area contributed by atoms with E-state index in [0.29, 0.717) is 55.4 Å². The van der Waals surface area contributed by atoms with E-state index < -0.39 is 5.91 Å². The maximum Gasteiger partial charge on any atom is 0.274 e. The Balaban J connectivity index is 1.53. The summed E-state index contributed by atoms with van der Waals surface area (Å²) >= 11 is 0. The molecule has 0 spiro atoms. The van der Waals surface area contributed by atoms with Crippen LogP contribution >= 0.6 is 0 Å². The Kier molecular flexibility index (Phi) is 6.62. The predicted octanol–water partition coefficient (Wildman–Crippen LogP) is 1.09. The standard InChI is InChI=1S/C22H25N5O5/c1-31-20-12-18-15(13-27(25-18)14-21(29)26-6-9-32-10-7-26)11-19(20)24-22(30)17-4-2-3-16(23-17)5-8-28/h2-4,11-13,28H,5-10,14H2,1H3,(H,24,30). The average Bonchev–Trinajstić information content (AvgIpc) is 3.20. The molecule has 1 saturated heterocycles. The van der Waals surface area contributed by atoms with Crippen molar-refractivity contribution in [2.75, 3.05) is 45.3 Å². The van der Waals surface area contributed by atoms with Gasteiger partial charge < -0.3 is 24.8 Å². The maximum atomic E-state index is 12.7. The van der Waals surface area contributed by atoms with E-state index in [4.69, 9.17) is 14.6 Å². The van der Waals surface area contributed by atoms with Crippen molar-refractivity contribution in [2.45, 2.75) is 13.0 Å². The van der Waals surface area contributed by atoms with Crippen LogP contribution in [0.5, 0.6) is 5.75 Å². The number of carbonyl (C=O) groups is 2. The first-order valence-electron chi connectivity index (χ1n) is 10.4. The minimum Gasteiger partial charge on any atom is -0.494 e. The van der Waals surface area contributed by atoms with Gasteiger partial charge in [0, 0.05) is 49.5 Å². The quantitative estimate of drug-likeness (QED) is 0.566. The zero-order valence-electron chi connectivity index (χ0n) is 17.8. The molecule has 3 heterocycles. The summed E-state index contributed by atoms with van der Waals surface area (Å²) in [5.74, 6) is 0.0369. The number of fused-ring (bicyclic) bond motifs is 1. The Morgan fingerprint density at radius 2 is 2.06 bits per heavy atom. The van der Waals surface area contributed by atoms with E-state index in [-0.39, 0.29) is 24.8 Å². The number of rotatable bonds is 7. The van der Waals surface area contributed by atoms with Crippen LogP contribution in [0.25, 0.3) is 10.9 Å². The van der Waals surface area contributed by atoms with Crippen molar-refractivity contribution < 1.29 is 24.2 Å². The van der Waals surface area contributed by atoms with Crippen LogP contribution in [0.3, 0.4) is 0 Å². The van der Waals surface area contributed by atoms with E-state index in [1.54, 1.807) is 46.1 Å². The molecule has 1 aliphatic heterocycles. The first kappa shape index (κ1) is 21.7. The van der Waals surface area contributed by atoms with Crippen LogP contribution in [0.4, 0.5) is 5.69 Å². The number of hydrogen-bond donors (Lipinski definition) is 2. The van der Waals surface area contributed by atoms with Gasteiger partial charge in [-0.1, -0.05) is 6.07 Å².